The summed E-state index contributed by atoms with van der Waals surface area (Å²) in [5.41, 5.74) is -0.889. The SMILES string of the molecule is CNCC(C)(C)C(F)C(=O)N=O. The Hall–Kier alpha value is -0.840. The second-order valence-corrected chi connectivity index (χ2v) is 3.31. The van der Waals surface area contributed by atoms with Gasteiger partial charge in [-0.15, -0.1) is 4.91 Å². The van der Waals surface area contributed by atoms with Crippen molar-refractivity contribution in [2.45, 2.75) is 20.0 Å². The smallest absolute Gasteiger partial charge is 0.319 e. The highest BCUT2D eigenvalue weighted by Crippen LogP contribution is 2.23. The molecule has 0 aromatic heterocycles. The summed E-state index contributed by atoms with van der Waals surface area (Å²) < 4.78 is 13.1. The van der Waals surface area contributed by atoms with E-state index >= 15 is 0 Å². The number of alkyl halides is 1. The summed E-state index contributed by atoms with van der Waals surface area (Å²) in [6.45, 7) is 3.42. The highest BCUT2D eigenvalue weighted by Gasteiger charge is 2.35. The fraction of sp³-hybridized carbons (Fsp3) is 0.857. The van der Waals surface area contributed by atoms with Gasteiger partial charge in [0.1, 0.15) is 0 Å². The standard InChI is InChI=1S/C7H13FN2O2/c1-7(2,4-9-3)5(8)6(11)10-12/h5,9H,4H2,1-3H3. The summed E-state index contributed by atoms with van der Waals surface area (Å²) in [4.78, 5) is 20.3. The lowest BCUT2D eigenvalue weighted by atomic mass is 9.87. The van der Waals surface area contributed by atoms with Crippen molar-refractivity contribution in [2.24, 2.45) is 10.6 Å². The highest BCUT2D eigenvalue weighted by atomic mass is 19.1. The summed E-state index contributed by atoms with van der Waals surface area (Å²) in [6, 6.07) is 0. The Balaban J connectivity index is 4.32. The Morgan fingerprint density at radius 3 is 2.50 bits per heavy atom. The number of carbonyl (C=O) groups is 1. The zero-order chi connectivity index (χ0) is 9.78. The van der Waals surface area contributed by atoms with E-state index in [2.05, 4.69) is 5.32 Å². The molecule has 0 spiro atoms. The Labute approximate surface area is 70.5 Å². The van der Waals surface area contributed by atoms with Crippen LogP contribution >= 0.6 is 0 Å². The molecule has 0 saturated carbocycles. The van der Waals surface area contributed by atoms with Gasteiger partial charge in [-0.25, -0.2) is 4.39 Å². The predicted octanol–water partition coefficient (Wildman–Crippen LogP) is 0.863. The maximum atomic E-state index is 13.1. The second-order valence-electron chi connectivity index (χ2n) is 3.31. The van der Waals surface area contributed by atoms with Gasteiger partial charge in [0.15, 0.2) is 6.17 Å². The van der Waals surface area contributed by atoms with Gasteiger partial charge < -0.3 is 5.32 Å². The van der Waals surface area contributed by atoms with Crippen molar-refractivity contribution in [3.63, 3.8) is 0 Å². The molecule has 1 unspecified atom stereocenters. The fourth-order valence-electron chi connectivity index (χ4n) is 0.926. The van der Waals surface area contributed by atoms with Crippen LogP contribution in [0.15, 0.2) is 5.18 Å². The Morgan fingerprint density at radius 1 is 1.67 bits per heavy atom. The maximum Gasteiger partial charge on any atom is 0.320 e. The first-order valence-corrected chi connectivity index (χ1v) is 3.61. The summed E-state index contributed by atoms with van der Waals surface area (Å²) >= 11 is 0. The summed E-state index contributed by atoms with van der Waals surface area (Å²) in [7, 11) is 1.65. The van der Waals surface area contributed by atoms with Crippen LogP contribution in [-0.2, 0) is 4.79 Å². The van der Waals surface area contributed by atoms with Crippen LogP contribution in [0.2, 0.25) is 0 Å². The minimum atomic E-state index is -1.83. The normalized spacial score (nSPS) is 14.0. The number of carbonyl (C=O) groups excluding carboxylic acids is 1. The van der Waals surface area contributed by atoms with Crippen LogP contribution in [0.1, 0.15) is 13.8 Å². The van der Waals surface area contributed by atoms with E-state index in [1.54, 1.807) is 20.9 Å². The number of hydrogen-bond acceptors (Lipinski definition) is 3. The van der Waals surface area contributed by atoms with Gasteiger partial charge in [0.2, 0.25) is 0 Å². The maximum absolute atomic E-state index is 13.1. The van der Waals surface area contributed by atoms with Gasteiger partial charge in [-0.1, -0.05) is 13.8 Å². The lowest BCUT2D eigenvalue weighted by Gasteiger charge is -2.25. The fourth-order valence-corrected chi connectivity index (χ4v) is 0.926. The molecule has 4 nitrogen and oxygen atoms in total. The predicted molar refractivity (Wildman–Crippen MR) is 43.4 cm³/mol. The van der Waals surface area contributed by atoms with Crippen molar-refractivity contribution in [1.82, 2.24) is 5.32 Å². The Morgan fingerprint density at radius 2 is 2.17 bits per heavy atom. The molecule has 1 N–H and O–H groups in total. The van der Waals surface area contributed by atoms with Gasteiger partial charge in [-0.05, 0) is 7.05 Å². The lowest BCUT2D eigenvalue weighted by Crippen LogP contribution is -2.39. The zero-order valence-electron chi connectivity index (χ0n) is 7.43. The van der Waals surface area contributed by atoms with Crippen molar-refractivity contribution in [3.05, 3.63) is 4.91 Å². The van der Waals surface area contributed by atoms with Crippen LogP contribution in [0.3, 0.4) is 0 Å². The van der Waals surface area contributed by atoms with Crippen LogP contribution in [0, 0.1) is 10.3 Å². The number of nitrogens with zero attached hydrogens (tertiary/aromatic N) is 1. The van der Waals surface area contributed by atoms with E-state index in [0.717, 1.165) is 0 Å². The average molecular weight is 176 g/mol. The van der Waals surface area contributed by atoms with Crippen molar-refractivity contribution >= 4 is 5.91 Å². The summed E-state index contributed by atoms with van der Waals surface area (Å²) in [5.74, 6) is -1.24. The third-order valence-electron chi connectivity index (χ3n) is 1.63. The number of rotatable bonds is 4. The Bertz CT molecular complexity index is 182. The van der Waals surface area contributed by atoms with Crippen LogP contribution < -0.4 is 5.32 Å². The number of amides is 1. The molecule has 0 bridgehead atoms. The van der Waals surface area contributed by atoms with Crippen molar-refractivity contribution in [2.75, 3.05) is 13.6 Å². The van der Waals surface area contributed by atoms with E-state index in [4.69, 9.17) is 0 Å². The zero-order valence-corrected chi connectivity index (χ0v) is 7.43. The minimum absolute atomic E-state index is 0.315. The first-order chi connectivity index (χ1) is 5.45. The van der Waals surface area contributed by atoms with Crippen molar-refractivity contribution < 1.29 is 9.18 Å². The molecule has 0 aromatic carbocycles. The molecule has 1 amide bonds. The monoisotopic (exact) mass is 176 g/mol. The molecule has 0 heterocycles. The molecule has 1 atom stereocenters. The van der Waals surface area contributed by atoms with Crippen molar-refractivity contribution in [3.8, 4) is 0 Å². The molecule has 0 rings (SSSR count). The van der Waals surface area contributed by atoms with E-state index in [1.165, 1.54) is 0 Å². The van der Waals surface area contributed by atoms with E-state index in [1.807, 2.05) is 5.18 Å². The van der Waals surface area contributed by atoms with E-state index < -0.39 is 17.5 Å². The summed E-state index contributed by atoms with van der Waals surface area (Å²) in [6.07, 6.45) is -1.83. The van der Waals surface area contributed by atoms with Crippen LogP contribution in [0.4, 0.5) is 4.39 Å². The summed E-state index contributed by atoms with van der Waals surface area (Å²) in [5, 5.41) is 4.78. The third kappa shape index (κ3) is 2.65. The Kier molecular flexibility index (Phi) is 3.95. The number of nitrogens with one attached hydrogen (secondary N) is 1. The highest BCUT2D eigenvalue weighted by molar-refractivity contribution is 5.82. The van der Waals surface area contributed by atoms with E-state index in [0.29, 0.717) is 6.54 Å². The van der Waals surface area contributed by atoms with Gasteiger partial charge in [0.05, 0.1) is 0 Å². The first-order valence-electron chi connectivity index (χ1n) is 3.61. The molecule has 12 heavy (non-hydrogen) atoms. The average Bonchev–Trinajstić information content (AvgIpc) is 2.01. The molecule has 0 aliphatic heterocycles. The lowest BCUT2D eigenvalue weighted by molar-refractivity contribution is -0.126. The molecular formula is C7H13FN2O2. The van der Waals surface area contributed by atoms with E-state index in [9.17, 15) is 14.1 Å². The molecule has 0 aromatic rings. The van der Waals surface area contributed by atoms with Gasteiger partial charge in [0.25, 0.3) is 0 Å². The largest absolute Gasteiger partial charge is 0.320 e. The van der Waals surface area contributed by atoms with Gasteiger partial charge in [-0.3, -0.25) is 4.79 Å². The van der Waals surface area contributed by atoms with Crippen LogP contribution in [-0.4, -0.2) is 25.7 Å². The molecule has 0 fully saturated rings. The molecule has 5 heteroatoms. The molecule has 70 valence electrons. The minimum Gasteiger partial charge on any atom is -0.319 e. The number of halogens is 1. The molecule has 0 aliphatic carbocycles. The van der Waals surface area contributed by atoms with E-state index in [-0.39, 0.29) is 0 Å². The number of nitroso groups, excluding NO2 is 1. The van der Waals surface area contributed by atoms with Crippen molar-refractivity contribution in [1.29, 1.82) is 0 Å². The van der Waals surface area contributed by atoms with Gasteiger partial charge in [0, 0.05) is 17.1 Å². The first kappa shape index (κ1) is 11.2. The molecule has 0 aliphatic rings. The molecule has 0 radical (unpaired) electrons. The topological polar surface area (TPSA) is 58.5 Å². The number of hydrogen-bond donors (Lipinski definition) is 1. The molecular weight excluding hydrogens is 163 g/mol. The third-order valence-corrected chi connectivity index (χ3v) is 1.63. The van der Waals surface area contributed by atoms with Gasteiger partial charge >= 0.3 is 5.91 Å². The van der Waals surface area contributed by atoms with Crippen LogP contribution in [0.25, 0.3) is 0 Å². The quantitative estimate of drug-likeness (QED) is 0.646. The molecule has 0 saturated heterocycles. The van der Waals surface area contributed by atoms with Gasteiger partial charge in [-0.2, -0.15) is 0 Å². The second kappa shape index (κ2) is 4.25. The van der Waals surface area contributed by atoms with Crippen LogP contribution in [0.5, 0.6) is 0 Å².